The average molecular weight is 322 g/mol. The van der Waals surface area contributed by atoms with E-state index < -0.39 is 5.66 Å². The maximum absolute atomic E-state index is 5.80. The van der Waals surface area contributed by atoms with Gasteiger partial charge in [0.2, 0.25) is 11.9 Å². The Morgan fingerprint density at radius 2 is 1.83 bits per heavy atom. The molecular weight excluding hydrogens is 298 g/mol. The topological polar surface area (TPSA) is 89.2 Å². The van der Waals surface area contributed by atoms with Crippen molar-refractivity contribution in [2.75, 3.05) is 6.61 Å². The Morgan fingerprint density at radius 3 is 2.28 bits per heavy atom. The summed E-state index contributed by atoms with van der Waals surface area (Å²) in [5.74, 6) is 0.963. The van der Waals surface area contributed by atoms with Gasteiger partial charge >= 0.3 is 0 Å². The molecule has 1 aliphatic heterocycles. The third-order valence-corrected chi connectivity index (χ3v) is 2.92. The molecule has 1 heterocycles. The monoisotopic (exact) mass is 321 g/mol. The molecule has 4 N–H and O–H groups in total. The molecule has 106 valence electrons. The van der Waals surface area contributed by atoms with Crippen molar-refractivity contribution >= 4 is 28.9 Å². The molecule has 0 aromatic heterocycles. The smallest absolute Gasteiger partial charge is 0.226 e. The normalized spacial score (nSPS) is 18.2. The second kappa shape index (κ2) is 6.94. The molecule has 0 aliphatic carbocycles. The summed E-state index contributed by atoms with van der Waals surface area (Å²) in [5.41, 5.74) is 10.8. The molecule has 0 aromatic rings. The van der Waals surface area contributed by atoms with E-state index in [4.69, 9.17) is 16.3 Å². The van der Waals surface area contributed by atoms with Crippen LogP contribution >= 0.6 is 17.0 Å². The molecule has 0 unspecified atom stereocenters. The molecule has 0 atom stereocenters. The van der Waals surface area contributed by atoms with E-state index >= 15 is 0 Å². The first kappa shape index (κ1) is 17.2. The van der Waals surface area contributed by atoms with Gasteiger partial charge in [-0.1, -0.05) is 26.7 Å². The highest BCUT2D eigenvalue weighted by atomic mass is 79.9. The Morgan fingerprint density at radius 1 is 1.28 bits per heavy atom. The van der Waals surface area contributed by atoms with Gasteiger partial charge in [-0.2, -0.15) is 10.1 Å². The zero-order chi connectivity index (χ0) is 13.1. The number of nitrogens with two attached hydrogens (primary N) is 2. The van der Waals surface area contributed by atoms with Gasteiger partial charge in [-0.15, -0.1) is 17.0 Å². The number of guanidine groups is 2. The van der Waals surface area contributed by atoms with Crippen molar-refractivity contribution in [2.45, 2.75) is 46.2 Å². The predicted octanol–water partition coefficient (Wildman–Crippen LogP) is 1.61. The third-order valence-electron chi connectivity index (χ3n) is 2.92. The molecule has 0 saturated carbocycles. The van der Waals surface area contributed by atoms with Crippen LogP contribution in [-0.2, 0) is 4.84 Å². The summed E-state index contributed by atoms with van der Waals surface area (Å²) in [6.07, 6.45) is 2.15. The van der Waals surface area contributed by atoms with Crippen LogP contribution in [0.25, 0.3) is 0 Å². The lowest BCUT2D eigenvalue weighted by molar-refractivity contribution is -0.167. The Bertz CT molecular complexity index is 325. The van der Waals surface area contributed by atoms with Crippen molar-refractivity contribution in [3.05, 3.63) is 0 Å². The number of hydrogen-bond donors (Lipinski definition) is 2. The van der Waals surface area contributed by atoms with Gasteiger partial charge < -0.3 is 11.5 Å². The minimum absolute atomic E-state index is 0. The standard InChI is InChI=1S/C11H23N5O.BrH/c1-5-8(6-2)7-17-16-10(13)14-9(12)15-11(16,3)4;/h8H,5-7H2,1-4H3,(H4,12,13,14,15);1H. The Labute approximate surface area is 119 Å². The van der Waals surface area contributed by atoms with E-state index in [2.05, 4.69) is 23.8 Å². The van der Waals surface area contributed by atoms with Gasteiger partial charge in [0.15, 0.2) is 5.66 Å². The van der Waals surface area contributed by atoms with Gasteiger partial charge in [-0.25, -0.2) is 4.99 Å². The molecule has 6 nitrogen and oxygen atoms in total. The maximum Gasteiger partial charge on any atom is 0.226 e. The van der Waals surface area contributed by atoms with Crippen LogP contribution in [0.4, 0.5) is 0 Å². The molecule has 0 radical (unpaired) electrons. The highest BCUT2D eigenvalue weighted by Gasteiger charge is 2.33. The third kappa shape index (κ3) is 4.13. The second-order valence-corrected chi connectivity index (χ2v) is 4.71. The van der Waals surface area contributed by atoms with E-state index in [-0.39, 0.29) is 28.9 Å². The molecule has 0 bridgehead atoms. The fourth-order valence-corrected chi connectivity index (χ4v) is 1.72. The molecule has 0 amide bonds. The van der Waals surface area contributed by atoms with Crippen LogP contribution in [0, 0.1) is 5.92 Å². The van der Waals surface area contributed by atoms with Gasteiger partial charge in [0.1, 0.15) is 0 Å². The van der Waals surface area contributed by atoms with Gasteiger partial charge in [0.25, 0.3) is 0 Å². The predicted molar refractivity (Wildman–Crippen MR) is 79.5 cm³/mol. The molecular formula is C11H24BrN5O. The molecule has 7 heteroatoms. The Hall–Kier alpha value is -0.820. The molecule has 0 saturated heterocycles. The fraction of sp³-hybridized carbons (Fsp3) is 0.818. The lowest BCUT2D eigenvalue weighted by Crippen LogP contribution is -2.54. The Balaban J connectivity index is 0.00000289. The van der Waals surface area contributed by atoms with E-state index in [1.807, 2.05) is 13.8 Å². The summed E-state index contributed by atoms with van der Waals surface area (Å²) in [4.78, 5) is 13.8. The van der Waals surface area contributed by atoms with Crippen LogP contribution in [-0.4, -0.2) is 29.3 Å². The van der Waals surface area contributed by atoms with Crippen LogP contribution in [0.15, 0.2) is 9.98 Å². The summed E-state index contributed by atoms with van der Waals surface area (Å²) in [5, 5.41) is 1.53. The summed E-state index contributed by atoms with van der Waals surface area (Å²) >= 11 is 0. The number of halogens is 1. The van der Waals surface area contributed by atoms with Crippen molar-refractivity contribution in [2.24, 2.45) is 27.4 Å². The van der Waals surface area contributed by atoms with Crippen LogP contribution < -0.4 is 11.5 Å². The molecule has 18 heavy (non-hydrogen) atoms. The zero-order valence-electron chi connectivity index (χ0n) is 11.5. The molecule has 1 aliphatic rings. The molecule has 0 aromatic carbocycles. The summed E-state index contributed by atoms with van der Waals surface area (Å²) in [6, 6.07) is 0. The van der Waals surface area contributed by atoms with E-state index in [1.165, 1.54) is 5.06 Å². The minimum Gasteiger partial charge on any atom is -0.368 e. The molecule has 0 fully saturated rings. The van der Waals surface area contributed by atoms with Gasteiger partial charge in [-0.3, -0.25) is 4.84 Å². The van der Waals surface area contributed by atoms with E-state index in [9.17, 15) is 0 Å². The first-order chi connectivity index (χ1) is 7.90. The number of hydroxylamine groups is 2. The highest BCUT2D eigenvalue weighted by Crippen LogP contribution is 2.21. The van der Waals surface area contributed by atoms with Crippen LogP contribution in [0.1, 0.15) is 40.5 Å². The van der Waals surface area contributed by atoms with E-state index in [1.54, 1.807) is 0 Å². The number of rotatable bonds is 5. The van der Waals surface area contributed by atoms with Crippen LogP contribution in [0.3, 0.4) is 0 Å². The van der Waals surface area contributed by atoms with Crippen molar-refractivity contribution < 1.29 is 4.84 Å². The van der Waals surface area contributed by atoms with Crippen molar-refractivity contribution in [3.63, 3.8) is 0 Å². The number of hydrogen-bond acceptors (Lipinski definition) is 6. The minimum atomic E-state index is -0.609. The second-order valence-electron chi connectivity index (χ2n) is 4.71. The molecule has 1 rings (SSSR count). The fourth-order valence-electron chi connectivity index (χ4n) is 1.72. The zero-order valence-corrected chi connectivity index (χ0v) is 13.2. The maximum atomic E-state index is 5.80. The van der Waals surface area contributed by atoms with Crippen molar-refractivity contribution in [1.29, 1.82) is 0 Å². The Kier molecular flexibility index (Phi) is 6.62. The summed E-state index contributed by atoms with van der Waals surface area (Å²) < 4.78 is 0. The van der Waals surface area contributed by atoms with Crippen LogP contribution in [0.2, 0.25) is 0 Å². The van der Waals surface area contributed by atoms with Gasteiger partial charge in [0, 0.05) is 0 Å². The largest absolute Gasteiger partial charge is 0.368 e. The van der Waals surface area contributed by atoms with E-state index in [0.29, 0.717) is 12.5 Å². The lowest BCUT2D eigenvalue weighted by atomic mass is 10.1. The SMILES string of the molecule is Br.CCC(CC)CON1C(N)=NC(N)=NC1(C)C. The number of nitrogens with zero attached hydrogens (tertiary/aromatic N) is 3. The van der Waals surface area contributed by atoms with Crippen molar-refractivity contribution in [1.82, 2.24) is 5.06 Å². The quantitative estimate of drug-likeness (QED) is 0.805. The van der Waals surface area contributed by atoms with E-state index in [0.717, 1.165) is 12.8 Å². The summed E-state index contributed by atoms with van der Waals surface area (Å²) in [6.45, 7) is 8.67. The highest BCUT2D eigenvalue weighted by molar-refractivity contribution is 8.93. The average Bonchev–Trinajstić information content (AvgIpc) is 2.21. The number of aliphatic imine (C=N–C) groups is 2. The van der Waals surface area contributed by atoms with Gasteiger partial charge in [0.05, 0.1) is 6.61 Å². The first-order valence-corrected chi connectivity index (χ1v) is 6.03. The summed E-state index contributed by atoms with van der Waals surface area (Å²) in [7, 11) is 0. The van der Waals surface area contributed by atoms with Gasteiger partial charge in [-0.05, 0) is 19.8 Å². The van der Waals surface area contributed by atoms with Crippen LogP contribution in [0.5, 0.6) is 0 Å². The molecule has 0 spiro atoms. The first-order valence-electron chi connectivity index (χ1n) is 6.03. The lowest BCUT2D eigenvalue weighted by Gasteiger charge is -2.37. The van der Waals surface area contributed by atoms with Crippen molar-refractivity contribution in [3.8, 4) is 0 Å².